The number of anilines is 1. The molecule has 3 rings (SSSR count). The summed E-state index contributed by atoms with van der Waals surface area (Å²) in [7, 11) is -3.39. The van der Waals surface area contributed by atoms with Crippen LogP contribution in [0.3, 0.4) is 0 Å². The lowest BCUT2D eigenvalue weighted by Gasteiger charge is -2.35. The van der Waals surface area contributed by atoms with Crippen LogP contribution < -0.4 is 4.90 Å². The van der Waals surface area contributed by atoms with Gasteiger partial charge in [0.15, 0.2) is 0 Å². The van der Waals surface area contributed by atoms with E-state index in [0.29, 0.717) is 31.1 Å². The molecule has 1 fully saturated rings. The van der Waals surface area contributed by atoms with Crippen LogP contribution in [0.2, 0.25) is 0 Å². The average Bonchev–Trinajstić information content (AvgIpc) is 2.54. The molecule has 1 saturated heterocycles. The minimum absolute atomic E-state index is 0.382. The van der Waals surface area contributed by atoms with Crippen LogP contribution in [0.15, 0.2) is 47.4 Å². The fourth-order valence-corrected chi connectivity index (χ4v) is 4.60. The molecule has 1 aliphatic rings. The summed E-state index contributed by atoms with van der Waals surface area (Å²) in [6.07, 6.45) is 0. The van der Waals surface area contributed by atoms with E-state index in [4.69, 9.17) is 0 Å². The molecule has 2 aromatic carbocycles. The maximum atomic E-state index is 12.8. The third-order valence-corrected chi connectivity index (χ3v) is 6.38. The maximum absolute atomic E-state index is 12.8. The van der Waals surface area contributed by atoms with Gasteiger partial charge in [-0.25, -0.2) is 8.42 Å². The Morgan fingerprint density at radius 3 is 1.83 bits per heavy atom. The molecule has 0 bridgehead atoms. The lowest BCUT2D eigenvalue weighted by Crippen LogP contribution is -2.48. The summed E-state index contributed by atoms with van der Waals surface area (Å²) < 4.78 is 27.1. The fraction of sp³-hybridized carbons (Fsp3) is 0.368. The molecule has 128 valence electrons. The quantitative estimate of drug-likeness (QED) is 0.859. The van der Waals surface area contributed by atoms with Crippen molar-refractivity contribution in [3.63, 3.8) is 0 Å². The highest BCUT2D eigenvalue weighted by Gasteiger charge is 2.28. The molecule has 2 aromatic rings. The van der Waals surface area contributed by atoms with Gasteiger partial charge >= 0.3 is 0 Å². The lowest BCUT2D eigenvalue weighted by molar-refractivity contribution is 0.385. The Balaban J connectivity index is 1.73. The van der Waals surface area contributed by atoms with E-state index < -0.39 is 10.0 Å². The third kappa shape index (κ3) is 3.47. The summed E-state index contributed by atoms with van der Waals surface area (Å²) in [5.74, 6) is 0. The van der Waals surface area contributed by atoms with Crippen LogP contribution in [-0.2, 0) is 10.0 Å². The number of sulfonamides is 1. The fourth-order valence-electron chi connectivity index (χ4n) is 3.18. The van der Waals surface area contributed by atoms with Crippen LogP contribution in [0, 0.1) is 20.8 Å². The van der Waals surface area contributed by atoms with Crippen molar-refractivity contribution in [2.45, 2.75) is 25.7 Å². The van der Waals surface area contributed by atoms with E-state index in [2.05, 4.69) is 36.9 Å². The molecular formula is C19H24N2O2S. The highest BCUT2D eigenvalue weighted by atomic mass is 32.2. The van der Waals surface area contributed by atoms with Crippen molar-refractivity contribution < 1.29 is 8.42 Å². The molecule has 5 heteroatoms. The van der Waals surface area contributed by atoms with Crippen molar-refractivity contribution in [3.8, 4) is 0 Å². The average molecular weight is 344 g/mol. The zero-order chi connectivity index (χ0) is 17.3. The Morgan fingerprint density at radius 2 is 1.29 bits per heavy atom. The summed E-state index contributed by atoms with van der Waals surface area (Å²) in [5, 5.41) is 0. The number of hydrogen-bond donors (Lipinski definition) is 0. The summed E-state index contributed by atoms with van der Waals surface area (Å²) >= 11 is 0. The minimum atomic E-state index is -3.39. The lowest BCUT2D eigenvalue weighted by atomic mass is 10.1. The van der Waals surface area contributed by atoms with Crippen LogP contribution in [-0.4, -0.2) is 38.9 Å². The maximum Gasteiger partial charge on any atom is 0.243 e. The number of nitrogens with zero attached hydrogens (tertiary/aromatic N) is 2. The molecule has 0 atom stereocenters. The Kier molecular flexibility index (Phi) is 4.65. The van der Waals surface area contributed by atoms with Gasteiger partial charge in [0, 0.05) is 31.9 Å². The molecule has 24 heavy (non-hydrogen) atoms. The Hall–Kier alpha value is -1.85. The van der Waals surface area contributed by atoms with Gasteiger partial charge in [-0.05, 0) is 56.2 Å². The molecule has 4 nitrogen and oxygen atoms in total. The number of rotatable bonds is 3. The SMILES string of the molecule is Cc1ccc(S(=O)(=O)N2CCN(c3cc(C)cc(C)c3)CC2)cc1. The summed E-state index contributed by atoms with van der Waals surface area (Å²) in [4.78, 5) is 2.65. The van der Waals surface area contributed by atoms with Gasteiger partial charge in [-0.3, -0.25) is 0 Å². The van der Waals surface area contributed by atoms with E-state index in [9.17, 15) is 8.42 Å². The van der Waals surface area contributed by atoms with Crippen molar-refractivity contribution in [1.82, 2.24) is 4.31 Å². The van der Waals surface area contributed by atoms with Gasteiger partial charge in [0.25, 0.3) is 0 Å². The smallest absolute Gasteiger partial charge is 0.243 e. The molecule has 0 amide bonds. The van der Waals surface area contributed by atoms with Crippen molar-refractivity contribution in [2.24, 2.45) is 0 Å². The first-order chi connectivity index (χ1) is 11.4. The number of benzene rings is 2. The van der Waals surface area contributed by atoms with Crippen LogP contribution in [0.25, 0.3) is 0 Å². The first-order valence-electron chi connectivity index (χ1n) is 8.26. The molecule has 1 aliphatic heterocycles. The van der Waals surface area contributed by atoms with Crippen molar-refractivity contribution in [1.29, 1.82) is 0 Å². The van der Waals surface area contributed by atoms with Crippen LogP contribution >= 0.6 is 0 Å². The van der Waals surface area contributed by atoms with Crippen molar-refractivity contribution in [2.75, 3.05) is 31.1 Å². The molecule has 1 heterocycles. The normalized spacial score (nSPS) is 16.4. The topological polar surface area (TPSA) is 40.6 Å². The Morgan fingerprint density at radius 1 is 0.750 bits per heavy atom. The number of aryl methyl sites for hydroxylation is 3. The first-order valence-corrected chi connectivity index (χ1v) is 9.70. The van der Waals surface area contributed by atoms with Gasteiger partial charge < -0.3 is 4.90 Å². The van der Waals surface area contributed by atoms with Crippen molar-refractivity contribution in [3.05, 3.63) is 59.2 Å². The highest BCUT2D eigenvalue weighted by molar-refractivity contribution is 7.89. The Bertz CT molecular complexity index is 801. The second kappa shape index (κ2) is 6.57. The standard InChI is InChI=1S/C19H24N2O2S/c1-15-4-6-19(7-5-15)24(22,23)21-10-8-20(9-11-21)18-13-16(2)12-17(3)14-18/h4-7,12-14H,8-11H2,1-3H3. The predicted molar refractivity (Wildman–Crippen MR) is 98.1 cm³/mol. The molecule has 0 aliphatic carbocycles. The van der Waals surface area contributed by atoms with Crippen LogP contribution in [0.1, 0.15) is 16.7 Å². The molecule has 0 aromatic heterocycles. The van der Waals surface area contributed by atoms with Gasteiger partial charge in [-0.2, -0.15) is 4.31 Å². The number of piperazine rings is 1. The second-order valence-electron chi connectivity index (χ2n) is 6.55. The minimum Gasteiger partial charge on any atom is -0.369 e. The van der Waals surface area contributed by atoms with E-state index in [1.165, 1.54) is 16.8 Å². The van der Waals surface area contributed by atoms with Gasteiger partial charge in [-0.15, -0.1) is 0 Å². The van der Waals surface area contributed by atoms with Crippen LogP contribution in [0.5, 0.6) is 0 Å². The summed E-state index contributed by atoms with van der Waals surface area (Å²) in [6, 6.07) is 13.6. The molecular weight excluding hydrogens is 320 g/mol. The zero-order valence-electron chi connectivity index (χ0n) is 14.5. The van der Waals surface area contributed by atoms with Gasteiger partial charge in [0.05, 0.1) is 4.90 Å². The van der Waals surface area contributed by atoms with Crippen molar-refractivity contribution >= 4 is 15.7 Å². The van der Waals surface area contributed by atoms with E-state index >= 15 is 0 Å². The third-order valence-electron chi connectivity index (χ3n) is 4.47. The monoisotopic (exact) mass is 344 g/mol. The van der Waals surface area contributed by atoms with E-state index in [1.807, 2.05) is 19.1 Å². The molecule has 0 radical (unpaired) electrons. The van der Waals surface area contributed by atoms with E-state index in [1.54, 1.807) is 16.4 Å². The zero-order valence-corrected chi connectivity index (χ0v) is 15.3. The summed E-state index contributed by atoms with van der Waals surface area (Å²) in [6.45, 7) is 8.61. The van der Waals surface area contributed by atoms with Gasteiger partial charge in [0.1, 0.15) is 0 Å². The summed E-state index contributed by atoms with van der Waals surface area (Å²) in [5.41, 5.74) is 4.72. The van der Waals surface area contributed by atoms with E-state index in [-0.39, 0.29) is 0 Å². The largest absolute Gasteiger partial charge is 0.369 e. The number of hydrogen-bond acceptors (Lipinski definition) is 3. The highest BCUT2D eigenvalue weighted by Crippen LogP contribution is 2.23. The predicted octanol–water partition coefficient (Wildman–Crippen LogP) is 3.12. The molecule has 0 spiro atoms. The van der Waals surface area contributed by atoms with E-state index in [0.717, 1.165) is 5.56 Å². The van der Waals surface area contributed by atoms with Crippen LogP contribution in [0.4, 0.5) is 5.69 Å². The molecule has 0 unspecified atom stereocenters. The second-order valence-corrected chi connectivity index (χ2v) is 8.49. The first kappa shape index (κ1) is 17.0. The van der Waals surface area contributed by atoms with Gasteiger partial charge in [0.2, 0.25) is 10.0 Å². The molecule has 0 saturated carbocycles. The Labute approximate surface area is 144 Å². The van der Waals surface area contributed by atoms with Gasteiger partial charge in [-0.1, -0.05) is 23.8 Å². The molecule has 0 N–H and O–H groups in total.